The standard InChI is InChI=1S/C8H10FN.C2H6/c1-5-3-7(9)4-8(10)6(5)2;1-2/h3-4H,10H2,1-2H3;1-2H3. The average molecular weight is 169 g/mol. The molecule has 1 aromatic carbocycles. The van der Waals surface area contributed by atoms with E-state index in [-0.39, 0.29) is 5.82 Å². The Balaban J connectivity index is 0.000000561. The first kappa shape index (κ1) is 11.0. The van der Waals surface area contributed by atoms with E-state index in [2.05, 4.69) is 0 Å². The van der Waals surface area contributed by atoms with E-state index in [0.29, 0.717) is 5.69 Å². The van der Waals surface area contributed by atoms with E-state index in [1.165, 1.54) is 12.1 Å². The lowest BCUT2D eigenvalue weighted by Gasteiger charge is -2.02. The predicted molar refractivity (Wildman–Crippen MR) is 51.6 cm³/mol. The number of nitrogens with two attached hydrogens (primary N) is 1. The first-order chi connectivity index (χ1) is 5.61. The maximum atomic E-state index is 12.5. The van der Waals surface area contributed by atoms with Gasteiger partial charge in [0.05, 0.1) is 0 Å². The molecule has 0 aromatic heterocycles. The molecule has 0 unspecified atom stereocenters. The zero-order valence-corrected chi connectivity index (χ0v) is 8.11. The van der Waals surface area contributed by atoms with Crippen LogP contribution in [0.2, 0.25) is 0 Å². The summed E-state index contributed by atoms with van der Waals surface area (Å²) >= 11 is 0. The Bertz CT molecular complexity index is 233. The zero-order chi connectivity index (χ0) is 9.72. The largest absolute Gasteiger partial charge is 0.398 e. The molecule has 0 radical (unpaired) electrons. The summed E-state index contributed by atoms with van der Waals surface area (Å²) < 4.78 is 12.5. The van der Waals surface area contributed by atoms with Crippen LogP contribution in [-0.4, -0.2) is 0 Å². The summed E-state index contributed by atoms with van der Waals surface area (Å²) in [6.07, 6.45) is 0. The molecular weight excluding hydrogens is 153 g/mol. The fourth-order valence-corrected chi connectivity index (χ4v) is 0.841. The third-order valence-electron chi connectivity index (χ3n) is 1.67. The van der Waals surface area contributed by atoms with Gasteiger partial charge >= 0.3 is 0 Å². The van der Waals surface area contributed by atoms with Crippen LogP contribution in [0.4, 0.5) is 10.1 Å². The maximum Gasteiger partial charge on any atom is 0.125 e. The number of hydrogen-bond acceptors (Lipinski definition) is 1. The van der Waals surface area contributed by atoms with Gasteiger partial charge in [0.1, 0.15) is 5.82 Å². The van der Waals surface area contributed by atoms with E-state index >= 15 is 0 Å². The van der Waals surface area contributed by atoms with Crippen molar-refractivity contribution in [3.05, 3.63) is 29.1 Å². The summed E-state index contributed by atoms with van der Waals surface area (Å²) in [4.78, 5) is 0. The van der Waals surface area contributed by atoms with Gasteiger partial charge in [-0.15, -0.1) is 0 Å². The first-order valence-corrected chi connectivity index (χ1v) is 4.13. The highest BCUT2D eigenvalue weighted by Gasteiger charge is 1.99. The number of anilines is 1. The molecule has 2 heteroatoms. The van der Waals surface area contributed by atoms with E-state index in [1.807, 2.05) is 27.7 Å². The normalized spacial score (nSPS) is 8.75. The van der Waals surface area contributed by atoms with Gasteiger partial charge in [0.2, 0.25) is 0 Å². The van der Waals surface area contributed by atoms with Gasteiger partial charge < -0.3 is 5.73 Å². The molecule has 68 valence electrons. The summed E-state index contributed by atoms with van der Waals surface area (Å²) in [5.74, 6) is -0.263. The second-order valence-corrected chi connectivity index (χ2v) is 2.44. The maximum absolute atomic E-state index is 12.5. The fourth-order valence-electron chi connectivity index (χ4n) is 0.841. The Hall–Kier alpha value is -1.05. The number of aryl methyl sites for hydroxylation is 1. The van der Waals surface area contributed by atoms with Gasteiger partial charge in [-0.05, 0) is 37.1 Å². The molecule has 0 spiro atoms. The van der Waals surface area contributed by atoms with Crippen LogP contribution in [-0.2, 0) is 0 Å². The topological polar surface area (TPSA) is 26.0 Å². The SMILES string of the molecule is CC.Cc1cc(F)cc(N)c1C. The summed E-state index contributed by atoms with van der Waals surface area (Å²) in [6.45, 7) is 7.72. The fraction of sp³-hybridized carbons (Fsp3) is 0.400. The second kappa shape index (κ2) is 4.75. The van der Waals surface area contributed by atoms with Crippen LogP contribution in [0.25, 0.3) is 0 Å². The third kappa shape index (κ3) is 2.53. The van der Waals surface area contributed by atoms with E-state index in [0.717, 1.165) is 11.1 Å². The average Bonchev–Trinajstić information content (AvgIpc) is 2.04. The predicted octanol–water partition coefficient (Wildman–Crippen LogP) is 3.05. The highest BCUT2D eigenvalue weighted by molar-refractivity contribution is 5.49. The Morgan fingerprint density at radius 1 is 1.17 bits per heavy atom. The second-order valence-electron chi connectivity index (χ2n) is 2.44. The molecule has 2 N–H and O–H groups in total. The van der Waals surface area contributed by atoms with Gasteiger partial charge in [0.25, 0.3) is 0 Å². The molecule has 1 aromatic rings. The Labute approximate surface area is 73.4 Å². The van der Waals surface area contributed by atoms with Crippen molar-refractivity contribution in [1.82, 2.24) is 0 Å². The van der Waals surface area contributed by atoms with Gasteiger partial charge in [0, 0.05) is 5.69 Å². The molecule has 0 aliphatic heterocycles. The molecule has 0 saturated carbocycles. The minimum absolute atomic E-state index is 0.263. The van der Waals surface area contributed by atoms with Gasteiger partial charge in [0.15, 0.2) is 0 Å². The van der Waals surface area contributed by atoms with Crippen LogP contribution in [0, 0.1) is 19.7 Å². The minimum Gasteiger partial charge on any atom is -0.398 e. The quantitative estimate of drug-likeness (QED) is 0.593. The molecule has 1 nitrogen and oxygen atoms in total. The summed E-state index contributed by atoms with van der Waals surface area (Å²) in [7, 11) is 0. The molecule has 0 bridgehead atoms. The molecule has 0 atom stereocenters. The summed E-state index contributed by atoms with van der Waals surface area (Å²) in [5.41, 5.74) is 7.87. The Morgan fingerprint density at radius 3 is 2.08 bits per heavy atom. The lowest BCUT2D eigenvalue weighted by molar-refractivity contribution is 0.627. The molecule has 0 aliphatic carbocycles. The third-order valence-corrected chi connectivity index (χ3v) is 1.67. The highest BCUT2D eigenvalue weighted by Crippen LogP contribution is 2.16. The van der Waals surface area contributed by atoms with E-state index in [9.17, 15) is 4.39 Å². The van der Waals surface area contributed by atoms with Crippen molar-refractivity contribution < 1.29 is 4.39 Å². The molecule has 0 heterocycles. The smallest absolute Gasteiger partial charge is 0.125 e. The van der Waals surface area contributed by atoms with Gasteiger partial charge in [-0.2, -0.15) is 0 Å². The van der Waals surface area contributed by atoms with Gasteiger partial charge in [-0.25, -0.2) is 4.39 Å². The molecular formula is C10H16FN. The number of benzene rings is 1. The van der Waals surface area contributed by atoms with Crippen LogP contribution in [0.3, 0.4) is 0 Å². The summed E-state index contributed by atoms with van der Waals surface area (Å²) in [5, 5.41) is 0. The van der Waals surface area contributed by atoms with E-state index < -0.39 is 0 Å². The van der Waals surface area contributed by atoms with Gasteiger partial charge in [-0.3, -0.25) is 0 Å². The minimum atomic E-state index is -0.263. The molecule has 0 aliphatic rings. The molecule has 0 fully saturated rings. The Kier molecular flexibility index (Phi) is 4.34. The van der Waals surface area contributed by atoms with Crippen molar-refractivity contribution in [2.24, 2.45) is 0 Å². The lowest BCUT2D eigenvalue weighted by Crippen LogP contribution is -1.93. The van der Waals surface area contributed by atoms with Crippen molar-refractivity contribution in [2.75, 3.05) is 5.73 Å². The molecule has 12 heavy (non-hydrogen) atoms. The van der Waals surface area contributed by atoms with Crippen LogP contribution in [0.5, 0.6) is 0 Å². The van der Waals surface area contributed by atoms with Crippen molar-refractivity contribution in [1.29, 1.82) is 0 Å². The molecule has 0 amide bonds. The van der Waals surface area contributed by atoms with Crippen molar-refractivity contribution >= 4 is 5.69 Å². The number of nitrogen functional groups attached to an aromatic ring is 1. The number of halogens is 1. The Morgan fingerprint density at radius 2 is 1.67 bits per heavy atom. The van der Waals surface area contributed by atoms with Crippen molar-refractivity contribution in [3.63, 3.8) is 0 Å². The lowest BCUT2D eigenvalue weighted by atomic mass is 10.1. The molecule has 1 rings (SSSR count). The van der Waals surface area contributed by atoms with E-state index in [1.54, 1.807) is 0 Å². The number of hydrogen-bond donors (Lipinski definition) is 1. The van der Waals surface area contributed by atoms with Crippen molar-refractivity contribution in [2.45, 2.75) is 27.7 Å². The van der Waals surface area contributed by atoms with Crippen LogP contribution < -0.4 is 5.73 Å². The molecule has 0 saturated heterocycles. The van der Waals surface area contributed by atoms with Gasteiger partial charge in [-0.1, -0.05) is 13.8 Å². The monoisotopic (exact) mass is 169 g/mol. The first-order valence-electron chi connectivity index (χ1n) is 4.13. The zero-order valence-electron chi connectivity index (χ0n) is 8.11. The van der Waals surface area contributed by atoms with Crippen molar-refractivity contribution in [3.8, 4) is 0 Å². The highest BCUT2D eigenvalue weighted by atomic mass is 19.1. The van der Waals surface area contributed by atoms with Crippen LogP contribution in [0.15, 0.2) is 12.1 Å². The summed E-state index contributed by atoms with van der Waals surface area (Å²) in [6, 6.07) is 2.81. The number of rotatable bonds is 0. The van der Waals surface area contributed by atoms with Crippen LogP contribution >= 0.6 is 0 Å². The van der Waals surface area contributed by atoms with E-state index in [4.69, 9.17) is 5.73 Å². The van der Waals surface area contributed by atoms with Crippen LogP contribution in [0.1, 0.15) is 25.0 Å².